The van der Waals surface area contributed by atoms with Crippen molar-refractivity contribution in [3.05, 3.63) is 28.7 Å². The average molecular weight is 248 g/mol. The molecule has 2 atom stereocenters. The molecule has 1 aliphatic rings. The summed E-state index contributed by atoms with van der Waals surface area (Å²) in [5, 5.41) is 3.58. The van der Waals surface area contributed by atoms with Crippen molar-refractivity contribution >= 4 is 5.69 Å². The SMILES string of the molecule is CCCn1cc(NC2CCCC(C)C2)ccc1=O. The molecule has 3 heteroatoms. The molecule has 100 valence electrons. The quantitative estimate of drug-likeness (QED) is 0.887. The molecular formula is C15H24N2O. The number of pyridine rings is 1. The number of aryl methyl sites for hydroxylation is 1. The van der Waals surface area contributed by atoms with Gasteiger partial charge in [0.25, 0.3) is 5.56 Å². The van der Waals surface area contributed by atoms with Crippen LogP contribution in [0.4, 0.5) is 5.69 Å². The highest BCUT2D eigenvalue weighted by molar-refractivity contribution is 5.41. The first kappa shape index (κ1) is 13.2. The van der Waals surface area contributed by atoms with Gasteiger partial charge in [-0.2, -0.15) is 0 Å². The summed E-state index contributed by atoms with van der Waals surface area (Å²) in [6.45, 7) is 5.22. The molecule has 0 radical (unpaired) electrons. The molecule has 3 nitrogen and oxygen atoms in total. The second kappa shape index (κ2) is 6.07. The summed E-state index contributed by atoms with van der Waals surface area (Å²) in [5.74, 6) is 0.817. The lowest BCUT2D eigenvalue weighted by Gasteiger charge is -2.28. The van der Waals surface area contributed by atoms with Gasteiger partial charge in [0.2, 0.25) is 0 Å². The van der Waals surface area contributed by atoms with Gasteiger partial charge in [-0.25, -0.2) is 0 Å². The van der Waals surface area contributed by atoms with Crippen LogP contribution in [0.1, 0.15) is 46.0 Å². The molecule has 2 unspecified atom stereocenters. The van der Waals surface area contributed by atoms with Crippen LogP contribution in [0.3, 0.4) is 0 Å². The fourth-order valence-corrected chi connectivity index (χ4v) is 2.83. The van der Waals surface area contributed by atoms with Crippen LogP contribution in [0.2, 0.25) is 0 Å². The molecular weight excluding hydrogens is 224 g/mol. The van der Waals surface area contributed by atoms with Crippen molar-refractivity contribution in [2.45, 2.75) is 58.5 Å². The van der Waals surface area contributed by atoms with Crippen LogP contribution in [-0.4, -0.2) is 10.6 Å². The van der Waals surface area contributed by atoms with E-state index in [1.807, 2.05) is 12.3 Å². The highest BCUT2D eigenvalue weighted by Gasteiger charge is 2.18. The fraction of sp³-hybridized carbons (Fsp3) is 0.667. The molecule has 1 saturated carbocycles. The minimum Gasteiger partial charge on any atom is -0.381 e. The molecule has 0 amide bonds. The van der Waals surface area contributed by atoms with Gasteiger partial charge < -0.3 is 9.88 Å². The Morgan fingerprint density at radius 2 is 2.22 bits per heavy atom. The van der Waals surface area contributed by atoms with E-state index < -0.39 is 0 Å². The summed E-state index contributed by atoms with van der Waals surface area (Å²) < 4.78 is 1.80. The Labute approximate surface area is 109 Å². The Balaban J connectivity index is 2.04. The zero-order chi connectivity index (χ0) is 13.0. The van der Waals surface area contributed by atoms with E-state index in [-0.39, 0.29) is 5.56 Å². The molecule has 1 aromatic rings. The minimum atomic E-state index is 0.0967. The van der Waals surface area contributed by atoms with Crippen LogP contribution in [-0.2, 0) is 6.54 Å². The maximum Gasteiger partial charge on any atom is 0.250 e. The van der Waals surface area contributed by atoms with Crippen molar-refractivity contribution in [2.75, 3.05) is 5.32 Å². The van der Waals surface area contributed by atoms with Crippen molar-refractivity contribution in [3.8, 4) is 0 Å². The lowest BCUT2D eigenvalue weighted by Crippen LogP contribution is -2.27. The van der Waals surface area contributed by atoms with Crippen LogP contribution < -0.4 is 10.9 Å². The number of anilines is 1. The monoisotopic (exact) mass is 248 g/mol. The van der Waals surface area contributed by atoms with Crippen molar-refractivity contribution < 1.29 is 0 Å². The maximum atomic E-state index is 11.6. The molecule has 0 bridgehead atoms. The summed E-state index contributed by atoms with van der Waals surface area (Å²) in [7, 11) is 0. The summed E-state index contributed by atoms with van der Waals surface area (Å²) >= 11 is 0. The summed E-state index contributed by atoms with van der Waals surface area (Å²) in [6.07, 6.45) is 8.11. The fourth-order valence-electron chi connectivity index (χ4n) is 2.83. The Morgan fingerprint density at radius 1 is 1.39 bits per heavy atom. The van der Waals surface area contributed by atoms with Gasteiger partial charge in [-0.1, -0.05) is 26.7 Å². The van der Waals surface area contributed by atoms with E-state index >= 15 is 0 Å². The molecule has 0 aromatic carbocycles. The van der Waals surface area contributed by atoms with Gasteiger partial charge in [0.15, 0.2) is 0 Å². The van der Waals surface area contributed by atoms with Crippen molar-refractivity contribution in [2.24, 2.45) is 5.92 Å². The maximum absolute atomic E-state index is 11.6. The molecule has 1 heterocycles. The largest absolute Gasteiger partial charge is 0.381 e. The summed E-state index contributed by atoms with van der Waals surface area (Å²) in [6, 6.07) is 4.15. The van der Waals surface area contributed by atoms with Crippen LogP contribution in [0.15, 0.2) is 23.1 Å². The third-order valence-electron chi connectivity index (χ3n) is 3.76. The van der Waals surface area contributed by atoms with E-state index in [1.165, 1.54) is 25.7 Å². The van der Waals surface area contributed by atoms with Gasteiger partial charge in [0, 0.05) is 24.8 Å². The molecule has 0 saturated heterocycles. The number of hydrogen-bond acceptors (Lipinski definition) is 2. The van der Waals surface area contributed by atoms with E-state index in [0.29, 0.717) is 6.04 Å². The first-order valence-electron chi connectivity index (χ1n) is 7.16. The molecule has 1 aromatic heterocycles. The van der Waals surface area contributed by atoms with Gasteiger partial charge in [-0.05, 0) is 31.2 Å². The van der Waals surface area contributed by atoms with Crippen molar-refractivity contribution in [1.82, 2.24) is 4.57 Å². The Morgan fingerprint density at radius 3 is 2.94 bits per heavy atom. The van der Waals surface area contributed by atoms with E-state index in [0.717, 1.165) is 24.6 Å². The third-order valence-corrected chi connectivity index (χ3v) is 3.76. The normalized spacial score (nSPS) is 23.9. The van der Waals surface area contributed by atoms with E-state index in [4.69, 9.17) is 0 Å². The third kappa shape index (κ3) is 3.37. The Kier molecular flexibility index (Phi) is 4.45. The van der Waals surface area contributed by atoms with Gasteiger partial charge in [0.1, 0.15) is 0 Å². The Hall–Kier alpha value is -1.25. The standard InChI is InChI=1S/C15H24N2O/c1-3-9-17-11-14(7-8-15(17)18)16-13-6-4-5-12(2)10-13/h7-8,11-13,16H,3-6,9-10H2,1-2H3. The molecule has 1 N–H and O–H groups in total. The molecule has 1 aliphatic carbocycles. The number of hydrogen-bond donors (Lipinski definition) is 1. The second-order valence-corrected chi connectivity index (χ2v) is 5.56. The zero-order valence-corrected chi connectivity index (χ0v) is 11.5. The zero-order valence-electron chi connectivity index (χ0n) is 11.5. The first-order valence-corrected chi connectivity index (χ1v) is 7.16. The molecule has 0 spiro atoms. The predicted octanol–water partition coefficient (Wildman–Crippen LogP) is 3.25. The second-order valence-electron chi connectivity index (χ2n) is 5.56. The van der Waals surface area contributed by atoms with Gasteiger partial charge in [-0.15, -0.1) is 0 Å². The van der Waals surface area contributed by atoms with E-state index in [9.17, 15) is 4.79 Å². The number of rotatable bonds is 4. The number of nitrogens with zero attached hydrogens (tertiary/aromatic N) is 1. The van der Waals surface area contributed by atoms with Crippen LogP contribution in [0.5, 0.6) is 0 Å². The van der Waals surface area contributed by atoms with Crippen molar-refractivity contribution in [1.29, 1.82) is 0 Å². The highest BCUT2D eigenvalue weighted by Crippen LogP contribution is 2.25. The molecule has 1 fully saturated rings. The lowest BCUT2D eigenvalue weighted by molar-refractivity contribution is 0.358. The number of aromatic nitrogens is 1. The molecule has 18 heavy (non-hydrogen) atoms. The smallest absolute Gasteiger partial charge is 0.250 e. The molecule has 0 aliphatic heterocycles. The van der Waals surface area contributed by atoms with Gasteiger partial charge >= 0.3 is 0 Å². The lowest BCUT2D eigenvalue weighted by atomic mass is 9.87. The van der Waals surface area contributed by atoms with Gasteiger partial charge in [0.05, 0.1) is 5.69 Å². The van der Waals surface area contributed by atoms with E-state index in [1.54, 1.807) is 10.6 Å². The van der Waals surface area contributed by atoms with Crippen LogP contribution >= 0.6 is 0 Å². The molecule has 2 rings (SSSR count). The first-order chi connectivity index (χ1) is 8.69. The van der Waals surface area contributed by atoms with Crippen molar-refractivity contribution in [3.63, 3.8) is 0 Å². The summed E-state index contributed by atoms with van der Waals surface area (Å²) in [4.78, 5) is 11.6. The van der Waals surface area contributed by atoms with E-state index in [2.05, 4.69) is 19.2 Å². The average Bonchev–Trinajstić information content (AvgIpc) is 2.34. The van der Waals surface area contributed by atoms with Crippen LogP contribution in [0.25, 0.3) is 0 Å². The number of nitrogens with one attached hydrogen (secondary N) is 1. The summed E-state index contributed by atoms with van der Waals surface area (Å²) in [5.41, 5.74) is 1.18. The van der Waals surface area contributed by atoms with Crippen LogP contribution in [0, 0.1) is 5.92 Å². The highest BCUT2D eigenvalue weighted by atomic mass is 16.1. The predicted molar refractivity (Wildman–Crippen MR) is 76.0 cm³/mol. The Bertz CT molecular complexity index is 438. The topological polar surface area (TPSA) is 34.0 Å². The minimum absolute atomic E-state index is 0.0967. The van der Waals surface area contributed by atoms with Gasteiger partial charge in [-0.3, -0.25) is 4.79 Å².